The molecule has 0 radical (unpaired) electrons. The van der Waals surface area contributed by atoms with Crippen LogP contribution in [0, 0.1) is 6.92 Å². The van der Waals surface area contributed by atoms with Crippen molar-refractivity contribution < 1.29 is 4.74 Å². The molecule has 0 saturated heterocycles. The third-order valence-electron chi connectivity index (χ3n) is 3.64. The topological polar surface area (TPSA) is 58.5 Å². The minimum absolute atomic E-state index is 0.654. The van der Waals surface area contributed by atoms with Crippen LogP contribution in [0.25, 0.3) is 0 Å². The number of pyridine rings is 1. The van der Waals surface area contributed by atoms with E-state index < -0.39 is 0 Å². The van der Waals surface area contributed by atoms with Crippen LogP contribution in [0.1, 0.15) is 16.8 Å². The third-order valence-corrected chi connectivity index (χ3v) is 3.64. The first-order valence-corrected chi connectivity index (χ1v) is 7.71. The summed E-state index contributed by atoms with van der Waals surface area (Å²) in [4.78, 5) is 8.62. The average molecular weight is 312 g/mol. The smallest absolute Gasteiger partial charge is 0.191 e. The molecular weight excluding hydrogens is 288 g/mol. The Morgan fingerprint density at radius 1 is 1.17 bits per heavy atom. The van der Waals surface area contributed by atoms with Crippen LogP contribution in [-0.2, 0) is 13.0 Å². The Labute approximate surface area is 137 Å². The van der Waals surface area contributed by atoms with Gasteiger partial charge in [-0.1, -0.05) is 24.3 Å². The molecule has 2 N–H and O–H groups in total. The van der Waals surface area contributed by atoms with Gasteiger partial charge in [0.15, 0.2) is 5.96 Å². The third kappa shape index (κ3) is 4.98. The van der Waals surface area contributed by atoms with Gasteiger partial charge in [-0.2, -0.15) is 0 Å². The van der Waals surface area contributed by atoms with E-state index in [9.17, 15) is 0 Å². The number of nitrogens with one attached hydrogen (secondary N) is 2. The van der Waals surface area contributed by atoms with Gasteiger partial charge in [0.2, 0.25) is 0 Å². The molecule has 0 bridgehead atoms. The van der Waals surface area contributed by atoms with Crippen molar-refractivity contribution in [3.05, 3.63) is 59.4 Å². The van der Waals surface area contributed by atoms with Gasteiger partial charge in [-0.15, -0.1) is 0 Å². The van der Waals surface area contributed by atoms with Gasteiger partial charge in [0, 0.05) is 19.8 Å². The quantitative estimate of drug-likeness (QED) is 0.635. The van der Waals surface area contributed by atoms with E-state index in [1.54, 1.807) is 14.2 Å². The number of nitrogens with zero attached hydrogens (tertiary/aromatic N) is 2. The SMILES string of the molecule is CN=C(NCCc1ccccc1OC)NCc1ncccc1C. The van der Waals surface area contributed by atoms with Crippen LogP contribution in [0.2, 0.25) is 0 Å². The van der Waals surface area contributed by atoms with Gasteiger partial charge in [0.05, 0.1) is 19.3 Å². The summed E-state index contributed by atoms with van der Waals surface area (Å²) >= 11 is 0. The molecule has 0 aliphatic rings. The van der Waals surface area contributed by atoms with Gasteiger partial charge in [0.25, 0.3) is 0 Å². The molecule has 0 atom stereocenters. The summed E-state index contributed by atoms with van der Waals surface area (Å²) in [6.45, 7) is 3.49. The normalized spacial score (nSPS) is 11.2. The molecule has 5 heteroatoms. The Morgan fingerprint density at radius 3 is 2.74 bits per heavy atom. The number of rotatable bonds is 6. The summed E-state index contributed by atoms with van der Waals surface area (Å²) in [6.07, 6.45) is 2.68. The van der Waals surface area contributed by atoms with Crippen molar-refractivity contribution in [2.24, 2.45) is 4.99 Å². The summed E-state index contributed by atoms with van der Waals surface area (Å²) in [7, 11) is 3.46. The first-order valence-electron chi connectivity index (χ1n) is 7.71. The monoisotopic (exact) mass is 312 g/mol. The summed E-state index contributed by atoms with van der Waals surface area (Å²) in [5, 5.41) is 6.60. The highest BCUT2D eigenvalue weighted by Gasteiger charge is 2.04. The van der Waals surface area contributed by atoms with E-state index in [-0.39, 0.29) is 0 Å². The lowest BCUT2D eigenvalue weighted by Gasteiger charge is -2.13. The highest BCUT2D eigenvalue weighted by Crippen LogP contribution is 2.17. The van der Waals surface area contributed by atoms with Gasteiger partial charge in [0.1, 0.15) is 5.75 Å². The average Bonchev–Trinajstić information content (AvgIpc) is 2.59. The lowest BCUT2D eigenvalue weighted by molar-refractivity contribution is 0.409. The van der Waals surface area contributed by atoms with E-state index in [0.29, 0.717) is 6.54 Å². The fourth-order valence-electron chi connectivity index (χ4n) is 2.32. The first-order chi connectivity index (χ1) is 11.2. The van der Waals surface area contributed by atoms with Gasteiger partial charge >= 0.3 is 0 Å². The second kappa shape index (κ2) is 8.78. The summed E-state index contributed by atoms with van der Waals surface area (Å²) in [5.74, 6) is 1.69. The lowest BCUT2D eigenvalue weighted by atomic mass is 10.1. The van der Waals surface area contributed by atoms with Gasteiger partial charge < -0.3 is 15.4 Å². The number of benzene rings is 1. The van der Waals surface area contributed by atoms with E-state index in [1.165, 1.54) is 11.1 Å². The second-order valence-corrected chi connectivity index (χ2v) is 5.18. The minimum atomic E-state index is 0.654. The number of aryl methyl sites for hydroxylation is 1. The molecule has 2 rings (SSSR count). The van der Waals surface area contributed by atoms with Crippen LogP contribution < -0.4 is 15.4 Å². The Hall–Kier alpha value is -2.56. The van der Waals surface area contributed by atoms with Crippen molar-refractivity contribution >= 4 is 5.96 Å². The highest BCUT2D eigenvalue weighted by atomic mass is 16.5. The molecule has 1 heterocycles. The Bertz CT molecular complexity index is 655. The minimum Gasteiger partial charge on any atom is -0.496 e. The lowest BCUT2D eigenvalue weighted by Crippen LogP contribution is -2.38. The molecule has 5 nitrogen and oxygen atoms in total. The van der Waals surface area contributed by atoms with Crippen molar-refractivity contribution in [2.45, 2.75) is 19.9 Å². The molecule has 0 saturated carbocycles. The fraction of sp³-hybridized carbons (Fsp3) is 0.333. The van der Waals surface area contributed by atoms with Crippen LogP contribution in [0.5, 0.6) is 5.75 Å². The predicted octanol–water partition coefficient (Wildman–Crippen LogP) is 2.31. The second-order valence-electron chi connectivity index (χ2n) is 5.18. The zero-order valence-electron chi connectivity index (χ0n) is 14.0. The molecule has 0 spiro atoms. The van der Waals surface area contributed by atoms with Crippen molar-refractivity contribution in [3.63, 3.8) is 0 Å². The maximum Gasteiger partial charge on any atom is 0.191 e. The zero-order valence-corrected chi connectivity index (χ0v) is 14.0. The zero-order chi connectivity index (χ0) is 16.5. The molecule has 1 aromatic heterocycles. The molecule has 0 aliphatic heterocycles. The number of hydrogen-bond donors (Lipinski definition) is 2. The van der Waals surface area contributed by atoms with Gasteiger partial charge in [-0.25, -0.2) is 0 Å². The molecule has 0 unspecified atom stereocenters. The predicted molar refractivity (Wildman–Crippen MR) is 93.9 cm³/mol. The van der Waals surface area contributed by atoms with E-state index in [1.807, 2.05) is 30.5 Å². The molecule has 0 amide bonds. The van der Waals surface area contributed by atoms with Crippen LogP contribution in [0.15, 0.2) is 47.6 Å². The number of aliphatic imine (C=N–C) groups is 1. The molecular formula is C18H24N4O. The largest absolute Gasteiger partial charge is 0.496 e. The van der Waals surface area contributed by atoms with E-state index in [4.69, 9.17) is 4.74 Å². The number of ether oxygens (including phenoxy) is 1. The van der Waals surface area contributed by atoms with E-state index in [0.717, 1.165) is 30.4 Å². The van der Waals surface area contributed by atoms with E-state index in [2.05, 4.69) is 39.7 Å². The maximum atomic E-state index is 5.37. The Morgan fingerprint density at radius 2 is 2.00 bits per heavy atom. The van der Waals surface area contributed by atoms with Crippen LogP contribution in [0.4, 0.5) is 0 Å². The van der Waals surface area contributed by atoms with Crippen LogP contribution in [-0.4, -0.2) is 31.6 Å². The molecule has 1 aromatic carbocycles. The molecule has 122 valence electrons. The molecule has 0 aliphatic carbocycles. The van der Waals surface area contributed by atoms with Crippen molar-refractivity contribution in [3.8, 4) is 5.75 Å². The summed E-state index contributed by atoms with van der Waals surface area (Å²) < 4.78 is 5.37. The van der Waals surface area contributed by atoms with Crippen molar-refractivity contribution in [1.82, 2.24) is 15.6 Å². The highest BCUT2D eigenvalue weighted by molar-refractivity contribution is 5.79. The number of hydrogen-bond acceptors (Lipinski definition) is 3. The van der Waals surface area contributed by atoms with E-state index >= 15 is 0 Å². The maximum absolute atomic E-state index is 5.37. The number of para-hydroxylation sites is 1. The van der Waals surface area contributed by atoms with Crippen molar-refractivity contribution in [1.29, 1.82) is 0 Å². The summed E-state index contributed by atoms with van der Waals surface area (Å²) in [5.41, 5.74) is 3.38. The van der Waals surface area contributed by atoms with Gasteiger partial charge in [-0.05, 0) is 36.6 Å². The fourth-order valence-corrected chi connectivity index (χ4v) is 2.32. The standard InChI is InChI=1S/C18H24N4O/c1-14-7-6-11-20-16(14)13-22-18(19-2)21-12-10-15-8-4-5-9-17(15)23-3/h4-9,11H,10,12-13H2,1-3H3,(H2,19,21,22). The van der Waals surface area contributed by atoms with Crippen LogP contribution in [0.3, 0.4) is 0 Å². The molecule has 0 fully saturated rings. The summed E-state index contributed by atoms with van der Waals surface area (Å²) in [6, 6.07) is 12.1. The Kier molecular flexibility index (Phi) is 6.41. The first kappa shape index (κ1) is 16.8. The van der Waals surface area contributed by atoms with Crippen molar-refractivity contribution in [2.75, 3.05) is 20.7 Å². The number of methoxy groups -OCH3 is 1. The molecule has 23 heavy (non-hydrogen) atoms. The molecule has 2 aromatic rings. The number of aromatic nitrogens is 1. The van der Waals surface area contributed by atoms with Gasteiger partial charge in [-0.3, -0.25) is 9.98 Å². The Balaban J connectivity index is 1.83. The van der Waals surface area contributed by atoms with Crippen LogP contribution >= 0.6 is 0 Å². The number of guanidine groups is 1.